The van der Waals surface area contributed by atoms with Gasteiger partial charge in [-0.05, 0) is 43.2 Å². The number of rotatable bonds is 4. The molecule has 1 fully saturated rings. The van der Waals surface area contributed by atoms with E-state index in [2.05, 4.69) is 22.5 Å². The van der Waals surface area contributed by atoms with Crippen LogP contribution in [0.4, 0.5) is 5.69 Å². The molecule has 0 unspecified atom stereocenters. The van der Waals surface area contributed by atoms with E-state index in [0.717, 1.165) is 22.7 Å². The Morgan fingerprint density at radius 1 is 1.14 bits per heavy atom. The second-order valence-corrected chi connectivity index (χ2v) is 11.7. The first kappa shape index (κ1) is 24.1. The van der Waals surface area contributed by atoms with Gasteiger partial charge in [-0.15, -0.1) is 11.3 Å². The molecular weight excluding hydrogens is 500 g/mol. The molecule has 0 saturated carbocycles. The fourth-order valence-corrected chi connectivity index (χ4v) is 7.06. The standard InChI is InChI=1S/C25H23N4O5S2/c1-15(30)29-10-8-16(9-11-29)25-27-14-18(35-25)13-26-23(31)17-6-7-22-20(12-17)28-24(32)19-4-2-3-5-21(19)36(22,33)34/h2-7,12,14,16H,1,8-11,13H2,(H,26,31)(H,28,32). The van der Waals surface area contributed by atoms with Crippen LogP contribution in [0.3, 0.4) is 0 Å². The predicted molar refractivity (Wildman–Crippen MR) is 133 cm³/mol. The largest absolute Gasteiger partial charge is 0.347 e. The van der Waals surface area contributed by atoms with Crippen molar-refractivity contribution in [2.45, 2.75) is 35.1 Å². The zero-order chi connectivity index (χ0) is 25.4. The summed E-state index contributed by atoms with van der Waals surface area (Å²) < 4.78 is 26.2. The number of amides is 3. The Morgan fingerprint density at radius 3 is 2.64 bits per heavy atom. The van der Waals surface area contributed by atoms with E-state index in [1.54, 1.807) is 23.2 Å². The van der Waals surface area contributed by atoms with Crippen LogP contribution in [-0.4, -0.2) is 49.1 Å². The maximum atomic E-state index is 13.1. The van der Waals surface area contributed by atoms with Gasteiger partial charge in [0.1, 0.15) is 0 Å². The smallest absolute Gasteiger partial charge is 0.257 e. The number of anilines is 1. The molecule has 2 N–H and O–H groups in total. The lowest BCUT2D eigenvalue weighted by molar-refractivity contribution is -0.127. The highest BCUT2D eigenvalue weighted by Gasteiger charge is 2.31. The first-order valence-corrected chi connectivity index (χ1v) is 13.7. The zero-order valence-electron chi connectivity index (χ0n) is 19.2. The summed E-state index contributed by atoms with van der Waals surface area (Å²) in [5.41, 5.74) is 0.352. The van der Waals surface area contributed by atoms with E-state index in [-0.39, 0.29) is 45.0 Å². The fraction of sp³-hybridized carbons (Fsp3) is 0.240. The van der Waals surface area contributed by atoms with Gasteiger partial charge in [0.2, 0.25) is 15.7 Å². The number of nitrogens with zero attached hydrogens (tertiary/aromatic N) is 2. The summed E-state index contributed by atoms with van der Waals surface area (Å²) in [7, 11) is -3.93. The molecule has 9 nitrogen and oxygen atoms in total. The average Bonchev–Trinajstić information content (AvgIpc) is 3.33. The number of carbonyl (C=O) groups is 3. The number of benzene rings is 2. The molecule has 0 spiro atoms. The minimum atomic E-state index is -3.93. The van der Waals surface area contributed by atoms with Crippen LogP contribution in [0.1, 0.15) is 49.4 Å². The molecule has 2 aliphatic heterocycles. The van der Waals surface area contributed by atoms with Crippen LogP contribution < -0.4 is 10.6 Å². The molecule has 3 aromatic rings. The monoisotopic (exact) mass is 523 g/mol. The summed E-state index contributed by atoms with van der Waals surface area (Å²) >= 11 is 1.52. The number of hydrogen-bond donors (Lipinski definition) is 2. The SMILES string of the molecule is [CH2]C(=O)N1CCC(c2ncc(CNC(=O)c3ccc4c(c3)NC(=O)c3ccccc3S4(=O)=O)s2)CC1. The summed E-state index contributed by atoms with van der Waals surface area (Å²) in [6.45, 7) is 5.05. The Labute approximate surface area is 212 Å². The number of sulfone groups is 1. The molecule has 5 rings (SSSR count). The third-order valence-electron chi connectivity index (χ3n) is 6.39. The molecular formula is C25H23N4O5S2. The van der Waals surface area contributed by atoms with Crippen molar-refractivity contribution in [2.24, 2.45) is 0 Å². The van der Waals surface area contributed by atoms with Crippen LogP contribution in [-0.2, 0) is 21.2 Å². The third kappa shape index (κ3) is 4.51. The topological polar surface area (TPSA) is 126 Å². The summed E-state index contributed by atoms with van der Waals surface area (Å²) in [6.07, 6.45) is 3.39. The van der Waals surface area contributed by atoms with Gasteiger partial charge >= 0.3 is 0 Å². The van der Waals surface area contributed by atoms with E-state index in [4.69, 9.17) is 0 Å². The lowest BCUT2D eigenvalue weighted by Crippen LogP contribution is -2.36. The van der Waals surface area contributed by atoms with Crippen molar-refractivity contribution in [3.63, 3.8) is 0 Å². The van der Waals surface area contributed by atoms with Gasteiger partial charge in [0.15, 0.2) is 0 Å². The summed E-state index contributed by atoms with van der Waals surface area (Å²) in [6, 6.07) is 10.2. The summed E-state index contributed by atoms with van der Waals surface area (Å²) in [5, 5.41) is 6.43. The Morgan fingerprint density at radius 2 is 1.89 bits per heavy atom. The number of thiazole rings is 1. The number of piperidine rings is 1. The molecule has 185 valence electrons. The Bertz CT molecular complexity index is 1470. The highest BCUT2D eigenvalue weighted by atomic mass is 32.2. The van der Waals surface area contributed by atoms with Crippen LogP contribution in [0, 0.1) is 6.92 Å². The van der Waals surface area contributed by atoms with Gasteiger partial charge in [0.05, 0.1) is 32.6 Å². The number of nitrogens with one attached hydrogen (secondary N) is 2. The normalized spacial score (nSPS) is 16.9. The van der Waals surface area contributed by atoms with E-state index in [9.17, 15) is 22.8 Å². The Kier molecular flexibility index (Phi) is 6.35. The lowest BCUT2D eigenvalue weighted by atomic mass is 9.97. The van der Waals surface area contributed by atoms with E-state index in [1.807, 2.05) is 0 Å². The van der Waals surface area contributed by atoms with Crippen molar-refractivity contribution in [3.8, 4) is 0 Å². The molecule has 1 radical (unpaired) electrons. The fourth-order valence-electron chi connectivity index (χ4n) is 4.44. The molecule has 0 atom stereocenters. The number of aromatic nitrogens is 1. The Hall–Kier alpha value is -3.57. The second kappa shape index (κ2) is 9.47. The van der Waals surface area contributed by atoms with E-state index >= 15 is 0 Å². The van der Waals surface area contributed by atoms with Crippen molar-refractivity contribution in [2.75, 3.05) is 18.4 Å². The van der Waals surface area contributed by atoms with E-state index < -0.39 is 21.7 Å². The van der Waals surface area contributed by atoms with Crippen LogP contribution in [0.25, 0.3) is 0 Å². The van der Waals surface area contributed by atoms with Crippen molar-refractivity contribution in [1.82, 2.24) is 15.2 Å². The van der Waals surface area contributed by atoms with Crippen LogP contribution in [0.15, 0.2) is 58.5 Å². The minimum Gasteiger partial charge on any atom is -0.347 e. The Balaban J connectivity index is 1.27. The van der Waals surface area contributed by atoms with Gasteiger partial charge in [0.25, 0.3) is 11.8 Å². The summed E-state index contributed by atoms with van der Waals surface area (Å²) in [4.78, 5) is 43.9. The van der Waals surface area contributed by atoms with Crippen LogP contribution in [0.2, 0.25) is 0 Å². The molecule has 2 aromatic carbocycles. The molecule has 0 bridgehead atoms. The van der Waals surface area contributed by atoms with Gasteiger partial charge < -0.3 is 15.5 Å². The first-order chi connectivity index (χ1) is 17.2. The average molecular weight is 524 g/mol. The van der Waals surface area contributed by atoms with Crippen molar-refractivity contribution in [1.29, 1.82) is 0 Å². The van der Waals surface area contributed by atoms with Crippen molar-refractivity contribution < 1.29 is 22.8 Å². The number of fused-ring (bicyclic) bond motifs is 2. The molecule has 3 amide bonds. The lowest BCUT2D eigenvalue weighted by Gasteiger charge is -2.30. The third-order valence-corrected chi connectivity index (χ3v) is 9.42. The number of likely N-dealkylation sites (tertiary alicyclic amines) is 1. The minimum absolute atomic E-state index is 0.0592. The maximum absolute atomic E-state index is 13.1. The molecule has 36 heavy (non-hydrogen) atoms. The van der Waals surface area contributed by atoms with E-state index in [1.165, 1.54) is 41.7 Å². The predicted octanol–water partition coefficient (Wildman–Crippen LogP) is 3.01. The van der Waals surface area contributed by atoms with Gasteiger partial charge in [0, 0.05) is 42.6 Å². The quantitative estimate of drug-likeness (QED) is 0.542. The maximum Gasteiger partial charge on any atom is 0.257 e. The highest BCUT2D eigenvalue weighted by molar-refractivity contribution is 7.91. The van der Waals surface area contributed by atoms with Crippen LogP contribution >= 0.6 is 11.3 Å². The summed E-state index contributed by atoms with van der Waals surface area (Å²) in [5.74, 6) is -0.832. The zero-order valence-corrected chi connectivity index (χ0v) is 20.8. The molecule has 1 aromatic heterocycles. The molecule has 2 aliphatic rings. The van der Waals surface area contributed by atoms with Crippen molar-refractivity contribution in [3.05, 3.63) is 76.6 Å². The molecule has 0 aliphatic carbocycles. The highest BCUT2D eigenvalue weighted by Crippen LogP contribution is 2.34. The van der Waals surface area contributed by atoms with Gasteiger partial charge in [-0.25, -0.2) is 13.4 Å². The molecule has 1 saturated heterocycles. The second-order valence-electron chi connectivity index (χ2n) is 8.67. The molecule has 11 heteroatoms. The van der Waals surface area contributed by atoms with Gasteiger partial charge in [-0.2, -0.15) is 0 Å². The number of carbonyl (C=O) groups excluding carboxylic acids is 3. The first-order valence-electron chi connectivity index (χ1n) is 11.4. The van der Waals surface area contributed by atoms with E-state index in [0.29, 0.717) is 13.1 Å². The molecule has 3 heterocycles. The number of hydrogen-bond acceptors (Lipinski definition) is 7. The van der Waals surface area contributed by atoms with Gasteiger partial charge in [-0.3, -0.25) is 14.4 Å². The van der Waals surface area contributed by atoms with Gasteiger partial charge in [-0.1, -0.05) is 12.1 Å². The van der Waals surface area contributed by atoms with Crippen LogP contribution in [0.5, 0.6) is 0 Å². The van der Waals surface area contributed by atoms with Crippen molar-refractivity contribution >= 4 is 44.6 Å².